The van der Waals surface area contributed by atoms with Crippen molar-refractivity contribution in [1.29, 1.82) is 0 Å². The molecule has 2 aromatic rings. The fraction of sp³-hybridized carbons (Fsp3) is 0.312. The summed E-state index contributed by atoms with van der Waals surface area (Å²) in [7, 11) is -3.37. The first-order valence-corrected chi connectivity index (χ1v) is 8.92. The number of pyridine rings is 1. The van der Waals surface area contributed by atoms with Crippen LogP contribution in [0.5, 0.6) is 0 Å². The third-order valence-electron chi connectivity index (χ3n) is 3.00. The fourth-order valence-corrected chi connectivity index (χ4v) is 4.03. The summed E-state index contributed by atoms with van der Waals surface area (Å²) in [5.74, 6) is 0.0134. The monoisotopic (exact) mass is 320 g/mol. The van der Waals surface area contributed by atoms with E-state index in [1.165, 1.54) is 0 Å². The van der Waals surface area contributed by atoms with Gasteiger partial charge in [-0.15, -0.1) is 0 Å². The normalized spacial score (nSPS) is 12.8. The van der Waals surface area contributed by atoms with Crippen LogP contribution < -0.4 is 5.32 Å². The topological polar surface area (TPSA) is 60.5 Å². The number of nitrogens with one attached hydrogen (secondary N) is 1. The van der Waals surface area contributed by atoms with Crippen molar-refractivity contribution in [1.82, 2.24) is 4.98 Å². The van der Waals surface area contributed by atoms with E-state index in [0.717, 1.165) is 5.56 Å². The summed E-state index contributed by atoms with van der Waals surface area (Å²) in [4.78, 5) is 4.23. The number of aromatic nitrogens is 1. The summed E-state index contributed by atoms with van der Waals surface area (Å²) in [5, 5.41) is 3.18. The zero-order chi connectivity index (χ0) is 15.8. The van der Waals surface area contributed by atoms with Crippen LogP contribution in [0.4, 0.5) is 5.82 Å². The number of nitrogens with zero attached hydrogens (tertiary/aromatic N) is 1. The highest BCUT2D eigenvalue weighted by Gasteiger charge is 2.37. The van der Waals surface area contributed by atoms with Gasteiger partial charge in [0.05, 0.1) is 13.2 Å². The van der Waals surface area contributed by atoms with Gasteiger partial charge in [0.15, 0.2) is 5.78 Å². The van der Waals surface area contributed by atoms with Crippen LogP contribution >= 0.6 is 7.60 Å². The van der Waals surface area contributed by atoms with Gasteiger partial charge in [-0.05, 0) is 31.5 Å². The molecule has 118 valence electrons. The molecule has 0 aliphatic heterocycles. The summed E-state index contributed by atoms with van der Waals surface area (Å²) in [6, 6.07) is 15.0. The molecule has 2 rings (SSSR count). The Bertz CT molecular complexity index is 597. The molecule has 0 unspecified atom stereocenters. The zero-order valence-electron chi connectivity index (χ0n) is 12.8. The Balaban J connectivity index is 2.38. The first-order valence-electron chi connectivity index (χ1n) is 7.31. The Morgan fingerprint density at radius 3 is 2.23 bits per heavy atom. The second-order valence-corrected chi connectivity index (χ2v) is 6.66. The van der Waals surface area contributed by atoms with Gasteiger partial charge in [0, 0.05) is 6.20 Å². The van der Waals surface area contributed by atoms with Gasteiger partial charge >= 0.3 is 7.60 Å². The van der Waals surface area contributed by atoms with Gasteiger partial charge in [-0.2, -0.15) is 0 Å². The number of hydrogen-bond donors (Lipinski definition) is 1. The van der Waals surface area contributed by atoms with Crippen LogP contribution in [-0.2, 0) is 13.6 Å². The molecule has 0 aliphatic rings. The molecule has 0 amide bonds. The third kappa shape index (κ3) is 4.17. The maximum Gasteiger partial charge on any atom is 0.357 e. The first-order chi connectivity index (χ1) is 10.7. The molecular formula is C16H21N2O3P. The van der Waals surface area contributed by atoms with Gasteiger partial charge in [-0.3, -0.25) is 4.57 Å². The lowest BCUT2D eigenvalue weighted by Gasteiger charge is -2.27. The van der Waals surface area contributed by atoms with Crippen molar-refractivity contribution in [2.75, 3.05) is 18.5 Å². The predicted molar refractivity (Wildman–Crippen MR) is 87.9 cm³/mol. The molecule has 0 saturated carbocycles. The minimum absolute atomic E-state index is 0.310. The van der Waals surface area contributed by atoms with Crippen molar-refractivity contribution in [3.8, 4) is 0 Å². The van der Waals surface area contributed by atoms with Crippen molar-refractivity contribution < 1.29 is 13.6 Å². The summed E-state index contributed by atoms with van der Waals surface area (Å²) < 4.78 is 24.2. The van der Waals surface area contributed by atoms with E-state index >= 15 is 0 Å². The largest absolute Gasteiger partial charge is 0.357 e. The van der Waals surface area contributed by atoms with Gasteiger partial charge in [0.2, 0.25) is 0 Å². The molecule has 1 aromatic heterocycles. The molecule has 1 N–H and O–H groups in total. The van der Waals surface area contributed by atoms with Crippen LogP contribution in [0.3, 0.4) is 0 Å². The average molecular weight is 320 g/mol. The summed E-state index contributed by atoms with van der Waals surface area (Å²) in [6.45, 7) is 4.22. The minimum atomic E-state index is -3.37. The lowest BCUT2D eigenvalue weighted by atomic mass is 10.2. The third-order valence-corrected chi connectivity index (χ3v) is 5.29. The quantitative estimate of drug-likeness (QED) is 0.728. The predicted octanol–water partition coefficient (Wildman–Crippen LogP) is 4.46. The highest BCUT2D eigenvalue weighted by Crippen LogP contribution is 2.60. The van der Waals surface area contributed by atoms with Gasteiger partial charge in [-0.25, -0.2) is 4.98 Å². The fourth-order valence-electron chi connectivity index (χ4n) is 2.11. The second-order valence-electron chi connectivity index (χ2n) is 4.55. The van der Waals surface area contributed by atoms with Crippen molar-refractivity contribution in [3.63, 3.8) is 0 Å². The van der Waals surface area contributed by atoms with Crippen LogP contribution in [0.2, 0.25) is 0 Å². The van der Waals surface area contributed by atoms with E-state index in [2.05, 4.69) is 10.3 Å². The summed E-state index contributed by atoms with van der Waals surface area (Å²) in [6.07, 6.45) is 1.68. The average Bonchev–Trinajstić information content (AvgIpc) is 2.55. The van der Waals surface area contributed by atoms with Gasteiger partial charge < -0.3 is 14.4 Å². The molecule has 0 bridgehead atoms. The van der Waals surface area contributed by atoms with E-state index in [1.54, 1.807) is 20.0 Å². The Morgan fingerprint density at radius 2 is 1.68 bits per heavy atom. The van der Waals surface area contributed by atoms with Crippen molar-refractivity contribution in [2.24, 2.45) is 0 Å². The maximum atomic E-state index is 13.2. The van der Waals surface area contributed by atoms with Crippen LogP contribution in [0.25, 0.3) is 0 Å². The summed E-state index contributed by atoms with van der Waals surface area (Å²) >= 11 is 0. The first kappa shape index (κ1) is 16.7. The van der Waals surface area contributed by atoms with E-state index in [1.807, 2.05) is 48.5 Å². The van der Waals surface area contributed by atoms with Gasteiger partial charge in [-0.1, -0.05) is 36.4 Å². The second kappa shape index (κ2) is 8.08. The number of rotatable bonds is 8. The van der Waals surface area contributed by atoms with E-state index in [-0.39, 0.29) is 0 Å². The Hall–Kier alpha value is -1.68. The molecule has 0 radical (unpaired) electrons. The van der Waals surface area contributed by atoms with Gasteiger partial charge in [0.1, 0.15) is 5.82 Å². The Kier molecular flexibility index (Phi) is 6.13. The molecule has 0 aliphatic carbocycles. The number of benzene rings is 1. The lowest BCUT2D eigenvalue weighted by Crippen LogP contribution is -2.15. The molecule has 0 spiro atoms. The van der Waals surface area contributed by atoms with E-state index in [0.29, 0.717) is 19.0 Å². The van der Waals surface area contributed by atoms with Crippen LogP contribution in [0.1, 0.15) is 25.2 Å². The van der Waals surface area contributed by atoms with E-state index in [9.17, 15) is 4.57 Å². The van der Waals surface area contributed by atoms with Crippen molar-refractivity contribution in [2.45, 2.75) is 19.6 Å². The highest BCUT2D eigenvalue weighted by molar-refractivity contribution is 7.54. The lowest BCUT2D eigenvalue weighted by molar-refractivity contribution is 0.214. The maximum absolute atomic E-state index is 13.2. The van der Waals surface area contributed by atoms with Crippen molar-refractivity contribution >= 4 is 13.4 Å². The standard InChI is InChI=1S/C16H21N2O3P/c1-3-20-22(19,21-4-2)16(14-10-6-5-7-11-14)18-15-12-8-9-13-17-15/h5-13,16H,3-4H2,1-2H3,(H,17,18)/t16-/m1/s1. The SMILES string of the molecule is CCOP(=O)(OCC)[C@@H](Nc1ccccn1)c1ccccc1. The Morgan fingerprint density at radius 1 is 1.05 bits per heavy atom. The molecule has 22 heavy (non-hydrogen) atoms. The van der Waals surface area contributed by atoms with Crippen LogP contribution in [0, 0.1) is 0 Å². The molecule has 0 saturated heterocycles. The van der Waals surface area contributed by atoms with Crippen LogP contribution in [0.15, 0.2) is 54.7 Å². The highest BCUT2D eigenvalue weighted by atomic mass is 31.2. The number of anilines is 1. The number of hydrogen-bond acceptors (Lipinski definition) is 5. The minimum Gasteiger partial charge on any atom is -0.353 e. The smallest absolute Gasteiger partial charge is 0.353 e. The molecule has 6 heteroatoms. The van der Waals surface area contributed by atoms with Crippen molar-refractivity contribution in [3.05, 3.63) is 60.3 Å². The zero-order valence-corrected chi connectivity index (χ0v) is 13.7. The molecule has 1 aromatic carbocycles. The van der Waals surface area contributed by atoms with E-state index < -0.39 is 13.4 Å². The van der Waals surface area contributed by atoms with Gasteiger partial charge in [0.25, 0.3) is 0 Å². The van der Waals surface area contributed by atoms with Crippen LogP contribution in [-0.4, -0.2) is 18.2 Å². The molecule has 1 heterocycles. The molecule has 5 nitrogen and oxygen atoms in total. The Labute approximate surface area is 131 Å². The summed E-state index contributed by atoms with van der Waals surface area (Å²) in [5.41, 5.74) is 0.832. The molecule has 0 fully saturated rings. The molecule has 1 atom stereocenters. The van der Waals surface area contributed by atoms with E-state index in [4.69, 9.17) is 9.05 Å². The molecular weight excluding hydrogens is 299 g/mol.